The lowest BCUT2D eigenvalue weighted by Crippen LogP contribution is -2.40. The second-order valence-corrected chi connectivity index (χ2v) is 10.4. The molecule has 3 heterocycles. The first-order valence-corrected chi connectivity index (χ1v) is 12.0. The van der Waals surface area contributed by atoms with Crippen LogP contribution in [0.5, 0.6) is 5.75 Å². The highest BCUT2D eigenvalue weighted by molar-refractivity contribution is 5.95. The Labute approximate surface area is 200 Å². The summed E-state index contributed by atoms with van der Waals surface area (Å²) >= 11 is 0. The largest absolute Gasteiger partial charge is 0.496 e. The van der Waals surface area contributed by atoms with E-state index in [4.69, 9.17) is 14.6 Å². The smallest absolute Gasteiger partial charge is 0.336 e. The third-order valence-electron chi connectivity index (χ3n) is 7.26. The molecule has 0 saturated carbocycles. The molecule has 1 aromatic carbocycles. The number of amides is 1. The summed E-state index contributed by atoms with van der Waals surface area (Å²) in [6.45, 7) is 8.91. The lowest BCUT2D eigenvalue weighted by molar-refractivity contribution is 0.0160. The second kappa shape index (κ2) is 9.41. The van der Waals surface area contributed by atoms with Crippen molar-refractivity contribution in [2.24, 2.45) is 10.8 Å². The molecule has 1 aromatic heterocycles. The highest BCUT2D eigenvalue weighted by Gasteiger charge is 2.40. The average Bonchev–Trinajstić information content (AvgIpc) is 3.06. The maximum Gasteiger partial charge on any atom is 0.336 e. The van der Waals surface area contributed by atoms with Crippen LogP contribution in [0.25, 0.3) is 0 Å². The van der Waals surface area contributed by atoms with E-state index < -0.39 is 5.97 Å². The normalized spacial score (nSPS) is 17.7. The topological polar surface area (TPSA) is 103 Å². The second-order valence-electron chi connectivity index (χ2n) is 10.4. The fourth-order valence-electron chi connectivity index (χ4n) is 5.44. The van der Waals surface area contributed by atoms with E-state index in [1.165, 1.54) is 0 Å². The predicted molar refractivity (Wildman–Crippen MR) is 128 cm³/mol. The van der Waals surface area contributed by atoms with Gasteiger partial charge < -0.3 is 19.9 Å². The molecule has 0 atom stereocenters. The van der Waals surface area contributed by atoms with Gasteiger partial charge in [-0.2, -0.15) is 5.10 Å². The molecule has 1 amide bonds. The summed E-state index contributed by atoms with van der Waals surface area (Å²) in [5, 5.41) is 17.8. The van der Waals surface area contributed by atoms with Gasteiger partial charge >= 0.3 is 5.97 Å². The van der Waals surface area contributed by atoms with Crippen molar-refractivity contribution >= 4 is 11.9 Å². The summed E-state index contributed by atoms with van der Waals surface area (Å²) < 4.78 is 12.9. The molecule has 2 aliphatic rings. The maximum atomic E-state index is 13.1. The molecular formula is C26H35N3O5. The Kier molecular flexibility index (Phi) is 6.71. The molecule has 0 aliphatic carbocycles. The summed E-state index contributed by atoms with van der Waals surface area (Å²) in [5.41, 5.74) is 3.24. The van der Waals surface area contributed by atoms with E-state index >= 15 is 0 Å². The van der Waals surface area contributed by atoms with Gasteiger partial charge in [-0.15, -0.1) is 0 Å². The fraction of sp³-hybridized carbons (Fsp3) is 0.577. The van der Waals surface area contributed by atoms with Crippen molar-refractivity contribution in [1.82, 2.24) is 15.1 Å². The molecule has 1 spiro atoms. The number of nitrogens with one attached hydrogen (secondary N) is 1. The van der Waals surface area contributed by atoms with Gasteiger partial charge in [-0.1, -0.05) is 19.9 Å². The van der Waals surface area contributed by atoms with Gasteiger partial charge in [0, 0.05) is 37.4 Å². The molecule has 184 valence electrons. The van der Waals surface area contributed by atoms with Gasteiger partial charge in [0.05, 0.1) is 18.4 Å². The maximum absolute atomic E-state index is 13.1. The average molecular weight is 470 g/mol. The SMILES string of the molecule is CCn1nc(CC(C)(C)Cc2c(OC)cccc2C(=O)O)c2c1C(=O)NCC1(CCOCC1)C2. The van der Waals surface area contributed by atoms with E-state index in [0.717, 1.165) is 30.5 Å². The van der Waals surface area contributed by atoms with E-state index in [9.17, 15) is 14.7 Å². The number of ether oxygens (including phenoxy) is 2. The highest BCUT2D eigenvalue weighted by Crippen LogP contribution is 2.40. The molecule has 1 fully saturated rings. The Morgan fingerprint density at radius 2 is 2.03 bits per heavy atom. The number of methoxy groups -OCH3 is 1. The predicted octanol–water partition coefficient (Wildman–Crippen LogP) is 3.50. The summed E-state index contributed by atoms with van der Waals surface area (Å²) in [4.78, 5) is 25.0. The monoisotopic (exact) mass is 469 g/mol. The van der Waals surface area contributed by atoms with Crippen LogP contribution in [-0.4, -0.2) is 53.6 Å². The van der Waals surface area contributed by atoms with Crippen molar-refractivity contribution in [1.29, 1.82) is 0 Å². The number of carbonyl (C=O) groups excluding carboxylic acids is 1. The zero-order chi connectivity index (χ0) is 24.5. The van der Waals surface area contributed by atoms with E-state index in [1.54, 1.807) is 25.3 Å². The first kappa shape index (κ1) is 24.3. The van der Waals surface area contributed by atoms with Gasteiger partial charge in [0.15, 0.2) is 0 Å². The Hall–Kier alpha value is -2.87. The van der Waals surface area contributed by atoms with Crippen LogP contribution in [0.15, 0.2) is 18.2 Å². The van der Waals surface area contributed by atoms with Gasteiger partial charge in [-0.05, 0) is 62.0 Å². The molecule has 2 aliphatic heterocycles. The molecule has 2 N–H and O–H groups in total. The van der Waals surface area contributed by atoms with Crippen LogP contribution in [0.1, 0.15) is 71.3 Å². The first-order valence-electron chi connectivity index (χ1n) is 12.0. The number of nitrogens with zero attached hydrogens (tertiary/aromatic N) is 2. The van der Waals surface area contributed by atoms with Crippen LogP contribution in [0, 0.1) is 10.8 Å². The summed E-state index contributed by atoms with van der Waals surface area (Å²) in [6, 6.07) is 5.12. The van der Waals surface area contributed by atoms with Gasteiger partial charge in [0.2, 0.25) is 0 Å². The lowest BCUT2D eigenvalue weighted by Gasteiger charge is -2.36. The van der Waals surface area contributed by atoms with Crippen LogP contribution in [-0.2, 0) is 30.5 Å². The minimum Gasteiger partial charge on any atom is -0.496 e. The Morgan fingerprint density at radius 3 is 2.68 bits per heavy atom. The number of aromatic carboxylic acids is 1. The van der Waals surface area contributed by atoms with Gasteiger partial charge in [0.25, 0.3) is 5.91 Å². The number of carbonyl (C=O) groups is 2. The molecule has 0 radical (unpaired) electrons. The number of hydrogen-bond acceptors (Lipinski definition) is 5. The molecule has 4 rings (SSSR count). The van der Waals surface area contributed by atoms with Crippen molar-refractivity contribution in [2.45, 2.75) is 59.4 Å². The molecule has 0 unspecified atom stereocenters. The number of aromatic nitrogens is 2. The van der Waals surface area contributed by atoms with Crippen LogP contribution >= 0.6 is 0 Å². The number of fused-ring (bicyclic) bond motifs is 1. The summed E-state index contributed by atoms with van der Waals surface area (Å²) in [7, 11) is 1.56. The Balaban J connectivity index is 1.70. The highest BCUT2D eigenvalue weighted by atomic mass is 16.5. The van der Waals surface area contributed by atoms with Crippen LogP contribution in [0.3, 0.4) is 0 Å². The molecule has 34 heavy (non-hydrogen) atoms. The van der Waals surface area contributed by atoms with Crippen molar-refractivity contribution in [3.05, 3.63) is 46.3 Å². The van der Waals surface area contributed by atoms with Crippen molar-refractivity contribution in [3.8, 4) is 5.75 Å². The Bertz CT molecular complexity index is 1080. The van der Waals surface area contributed by atoms with Crippen molar-refractivity contribution in [3.63, 3.8) is 0 Å². The molecule has 2 aromatic rings. The molecule has 8 heteroatoms. The van der Waals surface area contributed by atoms with Crippen LogP contribution < -0.4 is 10.1 Å². The molecular weight excluding hydrogens is 434 g/mol. The number of rotatable bonds is 7. The van der Waals surface area contributed by atoms with Crippen LogP contribution in [0.4, 0.5) is 0 Å². The van der Waals surface area contributed by atoms with Crippen molar-refractivity contribution in [2.75, 3.05) is 26.9 Å². The molecule has 1 saturated heterocycles. The number of hydrogen-bond donors (Lipinski definition) is 2. The number of aryl methyl sites for hydroxylation is 1. The minimum atomic E-state index is -0.966. The van der Waals surface area contributed by atoms with E-state index in [2.05, 4.69) is 19.2 Å². The first-order chi connectivity index (χ1) is 16.2. The Morgan fingerprint density at radius 1 is 1.29 bits per heavy atom. The summed E-state index contributed by atoms with van der Waals surface area (Å²) in [5.74, 6) is -0.451. The standard InChI is InChI=1S/C26H35N3O5/c1-5-29-22-19(14-26(16-27-23(22)30)9-11-34-12-10-26)20(28-29)15-25(2,3)13-18-17(24(31)32)7-6-8-21(18)33-4/h6-8H,5,9-16H2,1-4H3,(H,27,30)(H,31,32). The molecule has 8 nitrogen and oxygen atoms in total. The summed E-state index contributed by atoms with van der Waals surface area (Å²) in [6.07, 6.45) is 3.76. The quantitative estimate of drug-likeness (QED) is 0.643. The lowest BCUT2D eigenvalue weighted by atomic mass is 9.74. The zero-order valence-electron chi connectivity index (χ0n) is 20.6. The zero-order valence-corrected chi connectivity index (χ0v) is 20.6. The number of benzene rings is 1. The van der Waals surface area contributed by atoms with Gasteiger partial charge in [-0.25, -0.2) is 4.79 Å². The molecule has 0 bridgehead atoms. The van der Waals surface area contributed by atoms with Gasteiger partial charge in [-0.3, -0.25) is 9.48 Å². The van der Waals surface area contributed by atoms with E-state index in [1.807, 2.05) is 11.6 Å². The van der Waals surface area contributed by atoms with E-state index in [0.29, 0.717) is 56.2 Å². The van der Waals surface area contributed by atoms with E-state index in [-0.39, 0.29) is 22.3 Å². The third-order valence-corrected chi connectivity index (χ3v) is 7.26. The third kappa shape index (κ3) is 4.69. The van der Waals surface area contributed by atoms with Gasteiger partial charge in [0.1, 0.15) is 11.4 Å². The van der Waals surface area contributed by atoms with Crippen LogP contribution in [0.2, 0.25) is 0 Å². The van der Waals surface area contributed by atoms with Crippen molar-refractivity contribution < 1.29 is 24.2 Å². The number of carboxylic acid groups (broad SMARTS) is 1. The fourth-order valence-corrected chi connectivity index (χ4v) is 5.44. The number of carboxylic acids is 1. The minimum absolute atomic E-state index is 0.0151.